The minimum Gasteiger partial charge on any atom is -0.495 e. The van der Waals surface area contributed by atoms with E-state index in [1.54, 1.807) is 19.1 Å². The Labute approximate surface area is 265 Å². The van der Waals surface area contributed by atoms with Crippen molar-refractivity contribution in [2.75, 3.05) is 28.0 Å². The van der Waals surface area contributed by atoms with Crippen molar-refractivity contribution in [3.63, 3.8) is 0 Å². The van der Waals surface area contributed by atoms with Crippen LogP contribution in [0.3, 0.4) is 0 Å². The first-order valence-corrected chi connectivity index (χ1v) is 16.5. The zero-order valence-corrected chi connectivity index (χ0v) is 27.0. The van der Waals surface area contributed by atoms with Gasteiger partial charge in [-0.1, -0.05) is 35.4 Å². The van der Waals surface area contributed by atoms with Crippen LogP contribution in [0.1, 0.15) is 16.7 Å². The van der Waals surface area contributed by atoms with Crippen molar-refractivity contribution in [1.82, 2.24) is 0 Å². The number of benzene rings is 4. The molecule has 12 nitrogen and oxygen atoms in total. The summed E-state index contributed by atoms with van der Waals surface area (Å²) in [6.07, 6.45) is 0. The van der Waals surface area contributed by atoms with E-state index in [-0.39, 0.29) is 32.6 Å². The molecule has 0 radical (unpaired) electrons. The zero-order chi connectivity index (χ0) is 33.1. The summed E-state index contributed by atoms with van der Waals surface area (Å²) in [6, 6.07) is 18.2. The molecule has 0 bridgehead atoms. The molecule has 2 N–H and O–H groups in total. The topological polar surface area (TPSA) is 165 Å². The smallest absolute Gasteiger partial charge is 0.273 e. The molecule has 45 heavy (non-hydrogen) atoms. The van der Waals surface area contributed by atoms with Crippen molar-refractivity contribution in [2.24, 2.45) is 0 Å². The molecule has 0 heterocycles. The molecular formula is C30H29ClN4O8S2. The Hall–Kier alpha value is -4.66. The Kier molecular flexibility index (Phi) is 9.71. The van der Waals surface area contributed by atoms with Gasteiger partial charge in [0.2, 0.25) is 5.91 Å². The number of rotatable bonds is 11. The number of carbonyl (C=O) groups is 1. The van der Waals surface area contributed by atoms with Crippen LogP contribution in [0.2, 0.25) is 5.02 Å². The molecule has 0 aliphatic rings. The maximum absolute atomic E-state index is 13.9. The lowest BCUT2D eigenvalue weighted by Crippen LogP contribution is -2.38. The number of halogens is 1. The fraction of sp³-hybridized carbons (Fsp3) is 0.167. The van der Waals surface area contributed by atoms with E-state index < -0.39 is 48.0 Å². The van der Waals surface area contributed by atoms with Gasteiger partial charge in [-0.15, -0.1) is 0 Å². The van der Waals surface area contributed by atoms with Crippen LogP contribution in [-0.4, -0.2) is 41.3 Å². The number of methoxy groups -OCH3 is 1. The van der Waals surface area contributed by atoms with E-state index in [0.29, 0.717) is 5.69 Å². The number of nitro groups is 1. The molecular weight excluding hydrogens is 644 g/mol. The second-order valence-corrected chi connectivity index (χ2v) is 14.0. The number of nitrogens with zero attached hydrogens (tertiary/aromatic N) is 2. The van der Waals surface area contributed by atoms with Crippen LogP contribution >= 0.6 is 11.6 Å². The second-order valence-electron chi connectivity index (χ2n) is 10.0. The fourth-order valence-electron chi connectivity index (χ4n) is 4.41. The predicted octanol–water partition coefficient (Wildman–Crippen LogP) is 5.82. The van der Waals surface area contributed by atoms with Gasteiger partial charge in [-0.3, -0.25) is 23.9 Å². The highest BCUT2D eigenvalue weighted by molar-refractivity contribution is 7.93. The number of sulfonamides is 2. The molecule has 0 aliphatic carbocycles. The summed E-state index contributed by atoms with van der Waals surface area (Å²) in [4.78, 5) is 23.6. The summed E-state index contributed by atoms with van der Waals surface area (Å²) in [5.74, 6) is -0.727. The van der Waals surface area contributed by atoms with E-state index >= 15 is 0 Å². The zero-order valence-electron chi connectivity index (χ0n) is 24.6. The maximum atomic E-state index is 13.9. The first kappa shape index (κ1) is 33.2. The number of aryl methyl sites for hydroxylation is 3. The van der Waals surface area contributed by atoms with Crippen molar-refractivity contribution >= 4 is 60.3 Å². The number of ether oxygens (including phenoxy) is 1. The van der Waals surface area contributed by atoms with E-state index in [0.717, 1.165) is 21.5 Å². The Morgan fingerprint density at radius 1 is 0.889 bits per heavy atom. The number of amides is 1. The highest BCUT2D eigenvalue weighted by atomic mass is 35.5. The minimum atomic E-state index is -4.58. The third-order valence-corrected chi connectivity index (χ3v) is 10.1. The Bertz CT molecular complexity index is 2000. The third kappa shape index (κ3) is 7.53. The molecule has 0 atom stereocenters. The molecule has 0 spiro atoms. The van der Waals surface area contributed by atoms with Gasteiger partial charge in [0.15, 0.2) is 0 Å². The number of nitrogens with one attached hydrogen (secondary N) is 2. The monoisotopic (exact) mass is 672 g/mol. The van der Waals surface area contributed by atoms with Crippen LogP contribution in [0.5, 0.6) is 5.75 Å². The van der Waals surface area contributed by atoms with Crippen LogP contribution in [0, 0.1) is 30.9 Å². The van der Waals surface area contributed by atoms with Gasteiger partial charge in [0.1, 0.15) is 12.3 Å². The molecule has 0 saturated carbocycles. The minimum absolute atomic E-state index is 0.0608. The molecule has 0 fully saturated rings. The maximum Gasteiger partial charge on any atom is 0.273 e. The van der Waals surface area contributed by atoms with E-state index in [9.17, 15) is 31.7 Å². The SMILES string of the molecule is COc1ccc(Cl)cc1N(CC(=O)Nc1ccc(S(=O)(=O)Nc2ccc(C)cc2C)cc1)S(=O)(=O)c1ccc(C)c([N+](=O)[O-])c1. The standard InChI is InChI=1S/C30H29ClN4O8S2/c1-19-5-13-26(21(3)15-19)33-44(39,40)24-11-8-23(9-12-24)32-30(36)18-34(28-16-22(31)7-14-29(28)43-4)45(41,42)25-10-6-20(2)27(17-25)35(37)38/h5-17,33H,18H2,1-4H3,(H,32,36). The van der Waals surface area contributed by atoms with Crippen molar-refractivity contribution in [3.8, 4) is 5.75 Å². The summed E-state index contributed by atoms with van der Waals surface area (Å²) in [6.45, 7) is 4.36. The third-order valence-electron chi connectivity index (χ3n) is 6.74. The van der Waals surface area contributed by atoms with E-state index in [1.807, 2.05) is 13.0 Å². The first-order chi connectivity index (χ1) is 21.1. The molecule has 0 unspecified atom stereocenters. The summed E-state index contributed by atoms with van der Waals surface area (Å²) < 4.78 is 62.3. The van der Waals surface area contributed by atoms with Crippen molar-refractivity contribution in [3.05, 3.63) is 111 Å². The molecule has 4 aromatic rings. The quantitative estimate of drug-likeness (QED) is 0.149. The van der Waals surface area contributed by atoms with Gasteiger partial charge in [0, 0.05) is 22.3 Å². The van der Waals surface area contributed by atoms with Crippen molar-refractivity contribution < 1.29 is 31.3 Å². The first-order valence-electron chi connectivity index (χ1n) is 13.2. The lowest BCUT2D eigenvalue weighted by atomic mass is 10.1. The van der Waals surface area contributed by atoms with Gasteiger partial charge < -0.3 is 10.1 Å². The average molecular weight is 673 g/mol. The fourth-order valence-corrected chi connectivity index (χ4v) is 7.15. The molecule has 0 saturated heterocycles. The van der Waals surface area contributed by atoms with Gasteiger partial charge in [0.05, 0.1) is 33.2 Å². The van der Waals surface area contributed by atoms with Crippen LogP contribution in [0.4, 0.5) is 22.7 Å². The van der Waals surface area contributed by atoms with E-state index in [1.165, 1.54) is 68.6 Å². The van der Waals surface area contributed by atoms with Gasteiger partial charge in [-0.05, 0) is 80.9 Å². The molecule has 1 amide bonds. The van der Waals surface area contributed by atoms with Gasteiger partial charge in [-0.2, -0.15) is 0 Å². The lowest BCUT2D eigenvalue weighted by Gasteiger charge is -2.26. The molecule has 0 aliphatic heterocycles. The summed E-state index contributed by atoms with van der Waals surface area (Å²) >= 11 is 6.16. The number of nitro benzene ring substituents is 1. The number of carbonyl (C=O) groups excluding carboxylic acids is 1. The Morgan fingerprint density at radius 2 is 1.56 bits per heavy atom. The molecule has 4 aromatic carbocycles. The van der Waals surface area contributed by atoms with Gasteiger partial charge in [-0.25, -0.2) is 16.8 Å². The summed E-state index contributed by atoms with van der Waals surface area (Å²) in [5.41, 5.74) is 2.09. The Morgan fingerprint density at radius 3 is 2.18 bits per heavy atom. The normalized spacial score (nSPS) is 11.5. The van der Waals surface area contributed by atoms with Crippen LogP contribution in [0.15, 0.2) is 88.7 Å². The number of hydrogen-bond acceptors (Lipinski definition) is 8. The molecule has 0 aromatic heterocycles. The van der Waals surface area contributed by atoms with Gasteiger partial charge >= 0.3 is 0 Å². The van der Waals surface area contributed by atoms with Gasteiger partial charge in [0.25, 0.3) is 25.7 Å². The highest BCUT2D eigenvalue weighted by Gasteiger charge is 2.31. The van der Waals surface area contributed by atoms with E-state index in [2.05, 4.69) is 10.0 Å². The summed E-state index contributed by atoms with van der Waals surface area (Å²) in [7, 11) is -7.23. The number of hydrogen-bond donors (Lipinski definition) is 2. The van der Waals surface area contributed by atoms with E-state index in [4.69, 9.17) is 16.3 Å². The highest BCUT2D eigenvalue weighted by Crippen LogP contribution is 2.36. The van der Waals surface area contributed by atoms with Crippen LogP contribution < -0.4 is 19.1 Å². The Balaban J connectivity index is 1.63. The summed E-state index contributed by atoms with van der Waals surface area (Å²) in [5, 5.41) is 14.2. The molecule has 236 valence electrons. The van der Waals surface area contributed by atoms with Crippen LogP contribution in [0.25, 0.3) is 0 Å². The predicted molar refractivity (Wildman–Crippen MR) is 172 cm³/mol. The second kappa shape index (κ2) is 13.1. The molecule has 4 rings (SSSR count). The van der Waals surface area contributed by atoms with Crippen molar-refractivity contribution in [2.45, 2.75) is 30.6 Å². The number of anilines is 3. The lowest BCUT2D eigenvalue weighted by molar-refractivity contribution is -0.385. The molecule has 15 heteroatoms. The van der Waals surface area contributed by atoms with Crippen LogP contribution in [-0.2, 0) is 24.8 Å². The average Bonchev–Trinajstić information content (AvgIpc) is 2.97. The largest absolute Gasteiger partial charge is 0.495 e. The van der Waals surface area contributed by atoms with Crippen molar-refractivity contribution in [1.29, 1.82) is 0 Å².